The quantitative estimate of drug-likeness (QED) is 0.483. The fourth-order valence-corrected chi connectivity index (χ4v) is 0.606. The minimum absolute atomic E-state index is 0.0971. The van der Waals surface area contributed by atoms with Gasteiger partial charge in [0.2, 0.25) is 0 Å². The summed E-state index contributed by atoms with van der Waals surface area (Å²) < 4.78 is 4.69. The van der Waals surface area contributed by atoms with Crippen molar-refractivity contribution in [1.29, 1.82) is 5.26 Å². The van der Waals surface area contributed by atoms with Crippen LogP contribution in [0.4, 0.5) is 0 Å². The lowest BCUT2D eigenvalue weighted by atomic mass is 10.1. The van der Waals surface area contributed by atoms with Crippen LogP contribution in [0.25, 0.3) is 0 Å². The van der Waals surface area contributed by atoms with Crippen LogP contribution in [0.1, 0.15) is 20.8 Å². The number of allylic oxidation sites excluding steroid dienone is 1. The molecule has 0 aliphatic heterocycles. The van der Waals surface area contributed by atoms with E-state index in [1.165, 1.54) is 13.4 Å². The van der Waals surface area contributed by atoms with Crippen LogP contribution in [0.15, 0.2) is 12.0 Å². The zero-order valence-corrected chi connectivity index (χ0v) is 7.43. The van der Waals surface area contributed by atoms with E-state index >= 15 is 0 Å². The normalized spacial score (nSPS) is 12.1. The Labute approximate surface area is 67.7 Å². The lowest BCUT2D eigenvalue weighted by Gasteiger charge is -2.20. The summed E-state index contributed by atoms with van der Waals surface area (Å²) >= 11 is 0. The fraction of sp³-hybridized carbons (Fsp3) is 0.625. The van der Waals surface area contributed by atoms with E-state index in [9.17, 15) is 0 Å². The largest absolute Gasteiger partial charge is 0.501 e. The summed E-state index contributed by atoms with van der Waals surface area (Å²) in [5.41, 5.74) is 0.347. The monoisotopic (exact) mass is 154 g/mol. The maximum absolute atomic E-state index is 8.56. The van der Waals surface area contributed by atoms with Crippen molar-refractivity contribution in [1.82, 2.24) is 5.32 Å². The van der Waals surface area contributed by atoms with E-state index in [1.807, 2.05) is 26.8 Å². The summed E-state index contributed by atoms with van der Waals surface area (Å²) in [6.45, 7) is 5.94. The molecule has 0 saturated carbocycles. The van der Waals surface area contributed by atoms with Gasteiger partial charge in [-0.15, -0.1) is 0 Å². The maximum Gasteiger partial charge on any atom is 0.148 e. The molecule has 0 rings (SSSR count). The molecule has 0 saturated heterocycles. The highest BCUT2D eigenvalue weighted by molar-refractivity contribution is 5.17. The average Bonchev–Trinajstić information content (AvgIpc) is 1.84. The van der Waals surface area contributed by atoms with Crippen LogP contribution >= 0.6 is 0 Å². The highest BCUT2D eigenvalue weighted by Gasteiger charge is 2.10. The molecule has 0 unspecified atom stereocenters. The van der Waals surface area contributed by atoms with Gasteiger partial charge < -0.3 is 10.1 Å². The van der Waals surface area contributed by atoms with Crippen molar-refractivity contribution in [2.45, 2.75) is 26.3 Å². The lowest BCUT2D eigenvalue weighted by Crippen LogP contribution is -2.34. The van der Waals surface area contributed by atoms with Gasteiger partial charge in [-0.25, -0.2) is 0 Å². The van der Waals surface area contributed by atoms with Crippen LogP contribution < -0.4 is 5.32 Å². The van der Waals surface area contributed by atoms with Crippen LogP contribution in [0.2, 0.25) is 0 Å². The summed E-state index contributed by atoms with van der Waals surface area (Å²) in [5.74, 6) is 0. The molecule has 0 bridgehead atoms. The Balaban J connectivity index is 4.13. The first-order chi connectivity index (χ1) is 4.99. The van der Waals surface area contributed by atoms with E-state index in [1.54, 1.807) is 0 Å². The summed E-state index contributed by atoms with van der Waals surface area (Å²) in [5, 5.41) is 11.5. The van der Waals surface area contributed by atoms with Gasteiger partial charge in [-0.05, 0) is 20.8 Å². The SMILES string of the molecule is CO/C=C(/C#N)NC(C)(C)C. The van der Waals surface area contributed by atoms with E-state index in [2.05, 4.69) is 5.32 Å². The average molecular weight is 154 g/mol. The Kier molecular flexibility index (Phi) is 3.46. The van der Waals surface area contributed by atoms with Crippen LogP contribution in [0.5, 0.6) is 0 Å². The number of nitriles is 1. The molecule has 0 spiro atoms. The van der Waals surface area contributed by atoms with Crippen molar-refractivity contribution in [3.63, 3.8) is 0 Å². The molecule has 62 valence electrons. The van der Waals surface area contributed by atoms with E-state index < -0.39 is 0 Å². The molecule has 0 aromatic rings. The van der Waals surface area contributed by atoms with E-state index in [-0.39, 0.29) is 5.54 Å². The van der Waals surface area contributed by atoms with Gasteiger partial charge in [0.1, 0.15) is 18.0 Å². The second-order valence-corrected chi connectivity index (χ2v) is 3.25. The third-order valence-electron chi connectivity index (χ3n) is 0.866. The molecule has 0 aromatic heterocycles. The van der Waals surface area contributed by atoms with Crippen LogP contribution in [-0.4, -0.2) is 12.6 Å². The molecule has 0 fully saturated rings. The fourth-order valence-electron chi connectivity index (χ4n) is 0.606. The molecule has 3 heteroatoms. The maximum atomic E-state index is 8.56. The van der Waals surface area contributed by atoms with Crippen molar-refractivity contribution in [2.75, 3.05) is 7.11 Å². The van der Waals surface area contributed by atoms with Gasteiger partial charge in [-0.2, -0.15) is 5.26 Å². The molecule has 1 N–H and O–H groups in total. The first kappa shape index (κ1) is 9.83. The number of methoxy groups -OCH3 is 1. The van der Waals surface area contributed by atoms with Crippen molar-refractivity contribution in [3.8, 4) is 6.07 Å². The zero-order valence-electron chi connectivity index (χ0n) is 7.43. The summed E-state index contributed by atoms with van der Waals surface area (Å²) in [7, 11) is 1.52. The standard InChI is InChI=1S/C8H14N2O/c1-8(2,3)10-7(5-9)6-11-4/h6,10H,1-4H3/b7-6-. The molecule has 0 aliphatic rings. The highest BCUT2D eigenvalue weighted by atomic mass is 16.5. The molecule has 0 amide bonds. The molecule has 0 heterocycles. The molecule has 0 aromatic carbocycles. The van der Waals surface area contributed by atoms with Gasteiger partial charge >= 0.3 is 0 Å². The van der Waals surface area contributed by atoms with Crippen LogP contribution in [0.3, 0.4) is 0 Å². The number of hydrogen-bond donors (Lipinski definition) is 1. The minimum Gasteiger partial charge on any atom is -0.501 e. The van der Waals surface area contributed by atoms with E-state index in [0.717, 1.165) is 0 Å². The van der Waals surface area contributed by atoms with Crippen molar-refractivity contribution in [2.24, 2.45) is 0 Å². The molecule has 0 radical (unpaired) electrons. The second-order valence-electron chi connectivity index (χ2n) is 3.25. The molecule has 0 aliphatic carbocycles. The Morgan fingerprint density at radius 1 is 1.55 bits per heavy atom. The number of nitrogens with one attached hydrogen (secondary N) is 1. The van der Waals surface area contributed by atoms with Crippen LogP contribution in [0, 0.1) is 11.3 Å². The van der Waals surface area contributed by atoms with E-state index in [4.69, 9.17) is 10.00 Å². The molecule has 0 atom stereocenters. The Morgan fingerprint density at radius 3 is 2.36 bits per heavy atom. The molecular weight excluding hydrogens is 140 g/mol. The molecular formula is C8H14N2O. The topological polar surface area (TPSA) is 45.0 Å². The van der Waals surface area contributed by atoms with Gasteiger partial charge in [-0.1, -0.05) is 0 Å². The summed E-state index contributed by atoms with van der Waals surface area (Å²) in [6, 6.07) is 1.98. The summed E-state index contributed by atoms with van der Waals surface area (Å²) in [6.07, 6.45) is 1.39. The first-order valence-electron chi connectivity index (χ1n) is 3.41. The number of ether oxygens (including phenoxy) is 1. The zero-order chi connectivity index (χ0) is 8.91. The minimum atomic E-state index is -0.0971. The number of nitrogens with zero attached hydrogens (tertiary/aromatic N) is 1. The van der Waals surface area contributed by atoms with Gasteiger partial charge in [0.05, 0.1) is 7.11 Å². The second kappa shape index (κ2) is 3.87. The van der Waals surface area contributed by atoms with Gasteiger partial charge in [-0.3, -0.25) is 0 Å². The van der Waals surface area contributed by atoms with Gasteiger partial charge in [0.15, 0.2) is 0 Å². The third-order valence-corrected chi connectivity index (χ3v) is 0.866. The molecule has 11 heavy (non-hydrogen) atoms. The van der Waals surface area contributed by atoms with Crippen molar-refractivity contribution >= 4 is 0 Å². The number of hydrogen-bond acceptors (Lipinski definition) is 3. The van der Waals surface area contributed by atoms with E-state index in [0.29, 0.717) is 5.70 Å². The number of rotatable bonds is 2. The smallest absolute Gasteiger partial charge is 0.148 e. The summed E-state index contributed by atoms with van der Waals surface area (Å²) in [4.78, 5) is 0. The van der Waals surface area contributed by atoms with Crippen molar-refractivity contribution < 1.29 is 4.74 Å². The predicted molar refractivity (Wildman–Crippen MR) is 43.6 cm³/mol. The van der Waals surface area contributed by atoms with Gasteiger partial charge in [0, 0.05) is 5.54 Å². The highest BCUT2D eigenvalue weighted by Crippen LogP contribution is 2.02. The molecule has 3 nitrogen and oxygen atoms in total. The van der Waals surface area contributed by atoms with Gasteiger partial charge in [0.25, 0.3) is 0 Å². The van der Waals surface area contributed by atoms with Crippen molar-refractivity contribution in [3.05, 3.63) is 12.0 Å². The Morgan fingerprint density at radius 2 is 2.09 bits per heavy atom. The third kappa shape index (κ3) is 5.28. The predicted octanol–water partition coefficient (Wildman–Crippen LogP) is 1.39. The van der Waals surface area contributed by atoms with Crippen LogP contribution in [-0.2, 0) is 4.74 Å². The Bertz CT molecular complexity index is 183. The first-order valence-corrected chi connectivity index (χ1v) is 3.41. The lowest BCUT2D eigenvalue weighted by molar-refractivity contribution is 0.328. The Hall–Kier alpha value is -1.17.